The van der Waals surface area contributed by atoms with E-state index in [1.54, 1.807) is 0 Å². The van der Waals surface area contributed by atoms with E-state index in [4.69, 9.17) is 5.11 Å². The lowest BCUT2D eigenvalue weighted by Crippen LogP contribution is -2.22. The molecule has 1 fully saturated rings. The summed E-state index contributed by atoms with van der Waals surface area (Å²) in [4.78, 5) is 23.0. The number of carboxylic acid groups (broad SMARTS) is 1. The summed E-state index contributed by atoms with van der Waals surface area (Å²) < 4.78 is 1.12. The predicted molar refractivity (Wildman–Crippen MR) is 81.2 cm³/mol. The molecule has 0 amide bonds. The molecule has 0 heterocycles. The number of aliphatic carboxylic acids is 1. The third-order valence-electron chi connectivity index (χ3n) is 3.84. The number of carboxylic acids is 1. The summed E-state index contributed by atoms with van der Waals surface area (Å²) in [6, 6.07) is 7.62. The van der Waals surface area contributed by atoms with Crippen LogP contribution in [-0.4, -0.2) is 16.9 Å². The number of carbonyl (C=O) groups excluding carboxylic acids is 1. The third kappa shape index (κ3) is 4.03. The largest absolute Gasteiger partial charge is 0.481 e. The van der Waals surface area contributed by atoms with Gasteiger partial charge in [0.1, 0.15) is 0 Å². The van der Waals surface area contributed by atoms with Gasteiger partial charge in [-0.15, -0.1) is 0 Å². The van der Waals surface area contributed by atoms with E-state index >= 15 is 0 Å². The molecule has 1 aliphatic carbocycles. The van der Waals surface area contributed by atoms with E-state index in [0.717, 1.165) is 22.0 Å². The Bertz CT molecular complexity index is 459. The molecular formula is C15H17IO3. The summed E-state index contributed by atoms with van der Waals surface area (Å²) in [5.74, 6) is -0.371. The lowest BCUT2D eigenvalue weighted by atomic mass is 9.79. The number of rotatable bonds is 4. The quantitative estimate of drug-likeness (QED) is 0.647. The van der Waals surface area contributed by atoms with Crippen molar-refractivity contribution >= 4 is 34.3 Å². The number of carbonyl (C=O) groups is 2. The number of Topliss-reactive ketones (excluding diaryl/α,β-unsaturated/α-hetero) is 1. The molecule has 0 aromatic heterocycles. The van der Waals surface area contributed by atoms with Crippen molar-refractivity contribution in [2.24, 2.45) is 11.8 Å². The van der Waals surface area contributed by atoms with Gasteiger partial charge >= 0.3 is 5.97 Å². The van der Waals surface area contributed by atoms with Crippen LogP contribution in [0.2, 0.25) is 0 Å². The number of hydrogen-bond donors (Lipinski definition) is 1. The molecule has 0 saturated heterocycles. The molecule has 0 radical (unpaired) electrons. The molecule has 2 rings (SSSR count). The molecular weight excluding hydrogens is 355 g/mol. The maximum Gasteiger partial charge on any atom is 0.306 e. The first-order valence-corrected chi connectivity index (χ1v) is 7.65. The van der Waals surface area contributed by atoms with Crippen molar-refractivity contribution in [1.29, 1.82) is 0 Å². The van der Waals surface area contributed by atoms with E-state index in [-0.39, 0.29) is 11.7 Å². The van der Waals surface area contributed by atoms with Crippen LogP contribution in [0.5, 0.6) is 0 Å². The highest BCUT2D eigenvalue weighted by Gasteiger charge is 2.27. The van der Waals surface area contributed by atoms with Crippen LogP contribution < -0.4 is 0 Å². The van der Waals surface area contributed by atoms with Gasteiger partial charge in [0.05, 0.1) is 5.92 Å². The van der Waals surface area contributed by atoms with Crippen molar-refractivity contribution in [2.75, 3.05) is 0 Å². The van der Waals surface area contributed by atoms with Gasteiger partial charge < -0.3 is 5.11 Å². The molecule has 1 aromatic rings. The molecule has 0 spiro atoms. The number of hydrogen-bond acceptors (Lipinski definition) is 2. The molecule has 1 aromatic carbocycles. The minimum Gasteiger partial charge on any atom is -0.481 e. The average Bonchev–Trinajstić information content (AvgIpc) is 2.40. The van der Waals surface area contributed by atoms with E-state index in [1.807, 2.05) is 24.3 Å². The highest BCUT2D eigenvalue weighted by atomic mass is 127. The second-order valence-electron chi connectivity index (χ2n) is 5.19. The molecule has 19 heavy (non-hydrogen) atoms. The van der Waals surface area contributed by atoms with Gasteiger partial charge in [-0.2, -0.15) is 0 Å². The molecule has 102 valence electrons. The summed E-state index contributed by atoms with van der Waals surface area (Å²) in [6.07, 6.45) is 3.67. The van der Waals surface area contributed by atoms with Crippen LogP contribution in [0, 0.1) is 15.4 Å². The number of halogens is 1. The third-order valence-corrected chi connectivity index (χ3v) is 4.56. The lowest BCUT2D eigenvalue weighted by Gasteiger charge is -2.25. The second-order valence-corrected chi connectivity index (χ2v) is 6.44. The molecule has 3 nitrogen and oxygen atoms in total. The zero-order chi connectivity index (χ0) is 13.8. The Balaban J connectivity index is 1.87. The van der Waals surface area contributed by atoms with Crippen LogP contribution in [0.4, 0.5) is 0 Å². The van der Waals surface area contributed by atoms with Crippen molar-refractivity contribution in [3.05, 3.63) is 33.4 Å². The molecule has 4 heteroatoms. The predicted octanol–water partition coefficient (Wildman–Crippen LogP) is 3.76. The van der Waals surface area contributed by atoms with Crippen LogP contribution in [0.25, 0.3) is 0 Å². The highest BCUT2D eigenvalue weighted by Crippen LogP contribution is 2.31. The van der Waals surface area contributed by atoms with Crippen molar-refractivity contribution in [3.63, 3.8) is 0 Å². The molecule has 0 atom stereocenters. The van der Waals surface area contributed by atoms with Gasteiger partial charge in [0.15, 0.2) is 5.78 Å². The van der Waals surface area contributed by atoms with E-state index in [2.05, 4.69) is 22.6 Å². The summed E-state index contributed by atoms with van der Waals surface area (Å²) >= 11 is 2.22. The smallest absolute Gasteiger partial charge is 0.306 e. The average molecular weight is 372 g/mol. The van der Waals surface area contributed by atoms with Crippen LogP contribution in [0.15, 0.2) is 24.3 Å². The SMILES string of the molecule is O=C(CC1CCC(C(=O)O)CC1)c1ccc(I)cc1. The minimum atomic E-state index is -0.692. The molecule has 0 unspecified atom stereocenters. The van der Waals surface area contributed by atoms with Gasteiger partial charge in [0.2, 0.25) is 0 Å². The van der Waals surface area contributed by atoms with Crippen molar-refractivity contribution in [3.8, 4) is 0 Å². The van der Waals surface area contributed by atoms with Crippen molar-refractivity contribution < 1.29 is 14.7 Å². The number of benzene rings is 1. The van der Waals surface area contributed by atoms with Crippen LogP contribution >= 0.6 is 22.6 Å². The van der Waals surface area contributed by atoms with E-state index in [0.29, 0.717) is 25.2 Å². The van der Waals surface area contributed by atoms with Gasteiger partial charge in [-0.3, -0.25) is 9.59 Å². The van der Waals surface area contributed by atoms with Crippen molar-refractivity contribution in [2.45, 2.75) is 32.1 Å². The van der Waals surface area contributed by atoms with Gasteiger partial charge in [0.25, 0.3) is 0 Å². The summed E-state index contributed by atoms with van der Waals surface area (Å²) in [5, 5.41) is 8.94. The summed E-state index contributed by atoms with van der Waals surface area (Å²) in [5.41, 5.74) is 0.765. The van der Waals surface area contributed by atoms with Gasteiger partial charge in [-0.1, -0.05) is 12.1 Å². The fourth-order valence-corrected chi connectivity index (χ4v) is 2.99. The van der Waals surface area contributed by atoms with E-state index in [1.165, 1.54) is 0 Å². The second kappa shape index (κ2) is 6.50. The van der Waals surface area contributed by atoms with Crippen LogP contribution in [0.1, 0.15) is 42.5 Å². The van der Waals surface area contributed by atoms with Gasteiger partial charge in [0, 0.05) is 15.6 Å². The Morgan fingerprint density at radius 2 is 1.68 bits per heavy atom. The topological polar surface area (TPSA) is 54.4 Å². The Morgan fingerprint density at radius 3 is 2.21 bits per heavy atom. The Kier molecular flexibility index (Phi) is 4.96. The first-order valence-electron chi connectivity index (χ1n) is 6.58. The summed E-state index contributed by atoms with van der Waals surface area (Å²) in [6.45, 7) is 0. The maximum absolute atomic E-state index is 12.1. The van der Waals surface area contributed by atoms with Gasteiger partial charge in [-0.05, 0) is 66.3 Å². The molecule has 1 saturated carbocycles. The van der Waals surface area contributed by atoms with Crippen LogP contribution in [-0.2, 0) is 4.79 Å². The standard InChI is InChI=1S/C15H17IO3/c16-13-7-5-11(6-8-13)14(17)9-10-1-3-12(4-2-10)15(18)19/h5-8,10,12H,1-4,9H2,(H,18,19). The summed E-state index contributed by atoms with van der Waals surface area (Å²) in [7, 11) is 0. The van der Waals surface area contributed by atoms with Gasteiger partial charge in [-0.25, -0.2) is 0 Å². The fraction of sp³-hybridized carbons (Fsp3) is 0.467. The highest BCUT2D eigenvalue weighted by molar-refractivity contribution is 14.1. The van der Waals surface area contributed by atoms with E-state index < -0.39 is 5.97 Å². The Hall–Kier alpha value is -0.910. The first-order chi connectivity index (χ1) is 9.06. The molecule has 0 aliphatic heterocycles. The van der Waals surface area contributed by atoms with Crippen molar-refractivity contribution in [1.82, 2.24) is 0 Å². The molecule has 1 N–H and O–H groups in total. The first kappa shape index (κ1) is 14.5. The lowest BCUT2D eigenvalue weighted by molar-refractivity contribution is -0.143. The monoisotopic (exact) mass is 372 g/mol. The molecule has 0 bridgehead atoms. The maximum atomic E-state index is 12.1. The fourth-order valence-electron chi connectivity index (χ4n) is 2.63. The molecule has 1 aliphatic rings. The zero-order valence-corrected chi connectivity index (χ0v) is 12.8. The Morgan fingerprint density at radius 1 is 1.11 bits per heavy atom. The zero-order valence-electron chi connectivity index (χ0n) is 10.6. The minimum absolute atomic E-state index is 0.176. The van der Waals surface area contributed by atoms with E-state index in [9.17, 15) is 9.59 Å². The Labute approximate surface area is 126 Å². The normalized spacial score (nSPS) is 23.0. The van der Waals surface area contributed by atoms with Crippen LogP contribution in [0.3, 0.4) is 0 Å². The number of ketones is 1.